The Morgan fingerprint density at radius 3 is 2.73 bits per heavy atom. The predicted molar refractivity (Wildman–Crippen MR) is 85.5 cm³/mol. The lowest BCUT2D eigenvalue weighted by molar-refractivity contribution is -0.157. The van der Waals surface area contributed by atoms with Crippen molar-refractivity contribution in [3.63, 3.8) is 0 Å². The number of hydrogen-bond acceptors (Lipinski definition) is 3. The third kappa shape index (κ3) is 3.38. The molecule has 1 aromatic carbocycles. The maximum atomic E-state index is 12.6. The number of benzene rings is 1. The van der Waals surface area contributed by atoms with Crippen molar-refractivity contribution >= 4 is 11.9 Å². The van der Waals surface area contributed by atoms with Gasteiger partial charge in [-0.15, -0.1) is 0 Å². The van der Waals surface area contributed by atoms with E-state index in [0.717, 1.165) is 12.8 Å². The molecule has 1 aliphatic rings. The Morgan fingerprint density at radius 1 is 1.36 bits per heavy atom. The smallest absolute Gasteiger partial charge is 0.314 e. The van der Waals surface area contributed by atoms with Crippen molar-refractivity contribution in [3.05, 3.63) is 48.6 Å². The Hall–Kier alpha value is -2.10. The zero-order valence-corrected chi connectivity index (χ0v) is 13.1. The minimum Gasteiger partial charge on any atom is -0.461 e. The molecule has 4 nitrogen and oxygen atoms in total. The van der Waals surface area contributed by atoms with E-state index >= 15 is 0 Å². The molecule has 0 aliphatic carbocycles. The van der Waals surface area contributed by atoms with Gasteiger partial charge in [0.1, 0.15) is 6.61 Å². The standard InChI is InChI=1S/C18H23NO3/c1-3-13-22-17(21)18(4-2)11-8-12-19(14-18)16(20)15-9-6-5-7-10-15/h3,5-7,9-10H,1,4,8,11-14H2,2H3. The van der Waals surface area contributed by atoms with Gasteiger partial charge in [-0.1, -0.05) is 37.8 Å². The van der Waals surface area contributed by atoms with Crippen LogP contribution in [0.2, 0.25) is 0 Å². The number of amides is 1. The highest BCUT2D eigenvalue weighted by Gasteiger charge is 2.43. The van der Waals surface area contributed by atoms with Crippen LogP contribution in [-0.2, 0) is 9.53 Å². The van der Waals surface area contributed by atoms with Crippen LogP contribution in [0.25, 0.3) is 0 Å². The topological polar surface area (TPSA) is 46.6 Å². The highest BCUT2D eigenvalue weighted by atomic mass is 16.5. The predicted octanol–water partition coefficient (Wildman–Crippen LogP) is 3.05. The minimum atomic E-state index is -0.592. The van der Waals surface area contributed by atoms with Gasteiger partial charge in [0, 0.05) is 18.7 Å². The van der Waals surface area contributed by atoms with E-state index in [-0.39, 0.29) is 18.5 Å². The molecule has 1 atom stereocenters. The molecule has 4 heteroatoms. The average Bonchev–Trinajstić information content (AvgIpc) is 2.59. The number of piperidine rings is 1. The van der Waals surface area contributed by atoms with Gasteiger partial charge in [0.2, 0.25) is 0 Å². The molecule has 1 unspecified atom stereocenters. The molecule has 0 spiro atoms. The van der Waals surface area contributed by atoms with Gasteiger partial charge in [-0.2, -0.15) is 0 Å². The van der Waals surface area contributed by atoms with E-state index in [1.807, 2.05) is 25.1 Å². The van der Waals surface area contributed by atoms with Gasteiger partial charge < -0.3 is 9.64 Å². The Bertz CT molecular complexity index is 541. The fourth-order valence-electron chi connectivity index (χ4n) is 2.96. The number of esters is 1. The van der Waals surface area contributed by atoms with Gasteiger partial charge in [-0.25, -0.2) is 0 Å². The monoisotopic (exact) mass is 301 g/mol. The van der Waals surface area contributed by atoms with Crippen molar-refractivity contribution < 1.29 is 14.3 Å². The summed E-state index contributed by atoms with van der Waals surface area (Å²) in [6.45, 7) is 6.87. The first-order valence-electron chi connectivity index (χ1n) is 7.75. The molecule has 2 rings (SSSR count). The summed E-state index contributed by atoms with van der Waals surface area (Å²) in [6.07, 6.45) is 3.81. The van der Waals surface area contributed by atoms with Gasteiger partial charge in [-0.05, 0) is 31.4 Å². The maximum absolute atomic E-state index is 12.6. The molecule has 1 amide bonds. The van der Waals surface area contributed by atoms with Crippen LogP contribution in [0.3, 0.4) is 0 Å². The molecule has 118 valence electrons. The highest BCUT2D eigenvalue weighted by molar-refractivity contribution is 5.94. The minimum absolute atomic E-state index is 0.0188. The Morgan fingerprint density at radius 2 is 2.09 bits per heavy atom. The highest BCUT2D eigenvalue weighted by Crippen LogP contribution is 2.35. The summed E-state index contributed by atoms with van der Waals surface area (Å²) in [4.78, 5) is 26.8. The summed E-state index contributed by atoms with van der Waals surface area (Å²) in [7, 11) is 0. The van der Waals surface area contributed by atoms with Gasteiger partial charge in [0.25, 0.3) is 5.91 Å². The normalized spacial score (nSPS) is 21.2. The van der Waals surface area contributed by atoms with Gasteiger partial charge in [-0.3, -0.25) is 9.59 Å². The molecule has 1 aromatic rings. The SMILES string of the molecule is C=CCOC(=O)C1(CC)CCCN(C(=O)c2ccccc2)C1. The second-order valence-electron chi connectivity index (χ2n) is 5.72. The van der Waals surface area contributed by atoms with E-state index in [4.69, 9.17) is 4.74 Å². The maximum Gasteiger partial charge on any atom is 0.314 e. The number of nitrogens with zero attached hydrogens (tertiary/aromatic N) is 1. The third-order valence-electron chi connectivity index (χ3n) is 4.33. The number of hydrogen-bond donors (Lipinski definition) is 0. The van der Waals surface area contributed by atoms with Crippen LogP contribution in [0.15, 0.2) is 43.0 Å². The summed E-state index contributed by atoms with van der Waals surface area (Å²) in [6, 6.07) is 9.20. The van der Waals surface area contributed by atoms with Gasteiger partial charge >= 0.3 is 5.97 Å². The zero-order valence-electron chi connectivity index (χ0n) is 13.1. The first-order chi connectivity index (χ1) is 10.6. The molecule has 0 N–H and O–H groups in total. The van der Waals surface area contributed by atoms with Crippen LogP contribution in [-0.4, -0.2) is 36.5 Å². The lowest BCUT2D eigenvalue weighted by Gasteiger charge is -2.40. The van der Waals surface area contributed by atoms with E-state index in [1.165, 1.54) is 0 Å². The molecule has 1 aliphatic heterocycles. The number of ether oxygens (including phenoxy) is 1. The lowest BCUT2D eigenvalue weighted by atomic mass is 9.77. The zero-order chi connectivity index (χ0) is 16.0. The van der Waals surface area contributed by atoms with Crippen molar-refractivity contribution in [1.82, 2.24) is 4.90 Å². The van der Waals surface area contributed by atoms with Crippen LogP contribution in [0.1, 0.15) is 36.5 Å². The number of rotatable bonds is 5. The summed E-state index contributed by atoms with van der Waals surface area (Å²) in [5, 5.41) is 0. The van der Waals surface area contributed by atoms with Crippen LogP contribution in [0.5, 0.6) is 0 Å². The molecule has 1 heterocycles. The summed E-state index contributed by atoms with van der Waals surface area (Å²) in [5.41, 5.74) is 0.0694. The van der Waals surface area contributed by atoms with Gasteiger partial charge in [0.15, 0.2) is 0 Å². The molecule has 0 saturated carbocycles. The Labute approximate surface area is 131 Å². The number of likely N-dealkylation sites (tertiary alicyclic amines) is 1. The number of carbonyl (C=O) groups excluding carboxylic acids is 2. The average molecular weight is 301 g/mol. The fraction of sp³-hybridized carbons (Fsp3) is 0.444. The molecular formula is C18H23NO3. The summed E-state index contributed by atoms with van der Waals surface area (Å²) in [5.74, 6) is -0.241. The van der Waals surface area contributed by atoms with Crippen LogP contribution >= 0.6 is 0 Å². The first-order valence-corrected chi connectivity index (χ1v) is 7.75. The second-order valence-corrected chi connectivity index (χ2v) is 5.72. The van der Waals surface area contributed by atoms with E-state index in [1.54, 1.807) is 23.1 Å². The van der Waals surface area contributed by atoms with Crippen LogP contribution in [0.4, 0.5) is 0 Å². The molecule has 0 bridgehead atoms. The second kappa shape index (κ2) is 7.25. The molecule has 22 heavy (non-hydrogen) atoms. The molecule has 1 fully saturated rings. The van der Waals surface area contributed by atoms with Crippen molar-refractivity contribution in [3.8, 4) is 0 Å². The Balaban J connectivity index is 2.14. The third-order valence-corrected chi connectivity index (χ3v) is 4.33. The summed E-state index contributed by atoms with van der Waals surface area (Å²) >= 11 is 0. The van der Waals surface area contributed by atoms with Crippen molar-refractivity contribution in [2.24, 2.45) is 5.41 Å². The number of carbonyl (C=O) groups is 2. The van der Waals surface area contributed by atoms with E-state index < -0.39 is 5.41 Å². The van der Waals surface area contributed by atoms with Crippen molar-refractivity contribution in [2.75, 3.05) is 19.7 Å². The molecule has 0 radical (unpaired) electrons. The summed E-state index contributed by atoms with van der Waals surface area (Å²) < 4.78 is 5.26. The lowest BCUT2D eigenvalue weighted by Crippen LogP contribution is -2.50. The van der Waals surface area contributed by atoms with Crippen LogP contribution < -0.4 is 0 Å². The fourth-order valence-corrected chi connectivity index (χ4v) is 2.96. The van der Waals surface area contributed by atoms with E-state index in [0.29, 0.717) is 25.1 Å². The molecule has 1 saturated heterocycles. The van der Waals surface area contributed by atoms with Crippen molar-refractivity contribution in [2.45, 2.75) is 26.2 Å². The van der Waals surface area contributed by atoms with Crippen molar-refractivity contribution in [1.29, 1.82) is 0 Å². The largest absolute Gasteiger partial charge is 0.461 e. The van der Waals surface area contributed by atoms with E-state index in [2.05, 4.69) is 6.58 Å². The quantitative estimate of drug-likeness (QED) is 0.620. The molecule has 0 aromatic heterocycles. The van der Waals surface area contributed by atoms with Gasteiger partial charge in [0.05, 0.1) is 5.41 Å². The van der Waals surface area contributed by atoms with Crippen LogP contribution in [0, 0.1) is 5.41 Å². The Kier molecular flexibility index (Phi) is 5.36. The first kappa shape index (κ1) is 16.3. The van der Waals surface area contributed by atoms with E-state index in [9.17, 15) is 9.59 Å². The molecular weight excluding hydrogens is 278 g/mol.